The van der Waals surface area contributed by atoms with Crippen molar-refractivity contribution in [1.29, 1.82) is 0 Å². The van der Waals surface area contributed by atoms with Gasteiger partial charge in [0.05, 0.1) is 6.20 Å². The fourth-order valence-electron chi connectivity index (χ4n) is 1.84. The summed E-state index contributed by atoms with van der Waals surface area (Å²) in [5.74, 6) is -1.01. The predicted octanol–water partition coefficient (Wildman–Crippen LogP) is 1.79. The van der Waals surface area contributed by atoms with Crippen LogP contribution in [0.5, 0.6) is 5.75 Å². The molecule has 8 heteroatoms. The standard InChI is InChI=1S/C14H18FN3O4/c1-14(2,3)22-13(20)18(4)9-7-21-10-5-11(15)16-6-8(10)17-12(9)19/h5-6,9H,7H2,1-4H3,(H,17,19)/t9-/m1/s1. The summed E-state index contributed by atoms with van der Waals surface area (Å²) in [6.07, 6.45) is 0.518. The second-order valence-electron chi connectivity index (χ2n) is 5.91. The lowest BCUT2D eigenvalue weighted by Gasteiger charge is -2.28. The molecule has 0 spiro atoms. The van der Waals surface area contributed by atoms with E-state index in [0.29, 0.717) is 0 Å². The van der Waals surface area contributed by atoms with Crippen LogP contribution in [0.4, 0.5) is 14.9 Å². The van der Waals surface area contributed by atoms with Crippen molar-refractivity contribution in [2.45, 2.75) is 32.4 Å². The summed E-state index contributed by atoms with van der Waals surface area (Å²) in [5.41, 5.74) is -0.421. The normalized spacial score (nSPS) is 17.7. The van der Waals surface area contributed by atoms with Gasteiger partial charge in [-0.1, -0.05) is 0 Å². The fourth-order valence-corrected chi connectivity index (χ4v) is 1.84. The van der Waals surface area contributed by atoms with Crippen molar-refractivity contribution >= 4 is 17.7 Å². The molecule has 1 aliphatic rings. The molecule has 0 aliphatic carbocycles. The first-order valence-corrected chi connectivity index (χ1v) is 6.72. The summed E-state index contributed by atoms with van der Waals surface area (Å²) in [7, 11) is 1.44. The Hall–Kier alpha value is -2.38. The highest BCUT2D eigenvalue weighted by molar-refractivity contribution is 5.98. The van der Waals surface area contributed by atoms with E-state index in [1.165, 1.54) is 13.2 Å². The summed E-state index contributed by atoms with van der Waals surface area (Å²) in [4.78, 5) is 28.9. The topological polar surface area (TPSA) is 80.8 Å². The largest absolute Gasteiger partial charge is 0.488 e. The van der Waals surface area contributed by atoms with E-state index in [4.69, 9.17) is 9.47 Å². The smallest absolute Gasteiger partial charge is 0.410 e. The molecule has 22 heavy (non-hydrogen) atoms. The van der Waals surface area contributed by atoms with E-state index >= 15 is 0 Å². The third-order valence-electron chi connectivity index (χ3n) is 2.94. The van der Waals surface area contributed by atoms with Crippen molar-refractivity contribution in [3.8, 4) is 5.75 Å². The van der Waals surface area contributed by atoms with Gasteiger partial charge in [0.1, 0.15) is 29.7 Å². The maximum absolute atomic E-state index is 13.1. The number of carbonyl (C=O) groups is 2. The van der Waals surface area contributed by atoms with Crippen LogP contribution in [0.3, 0.4) is 0 Å². The second kappa shape index (κ2) is 5.78. The van der Waals surface area contributed by atoms with Gasteiger partial charge < -0.3 is 14.8 Å². The lowest BCUT2D eigenvalue weighted by molar-refractivity contribution is -0.121. The highest BCUT2D eigenvalue weighted by Crippen LogP contribution is 2.27. The number of fused-ring (bicyclic) bond motifs is 1. The van der Waals surface area contributed by atoms with Crippen LogP contribution < -0.4 is 10.1 Å². The van der Waals surface area contributed by atoms with Gasteiger partial charge in [-0.05, 0) is 20.8 Å². The van der Waals surface area contributed by atoms with Crippen LogP contribution in [0.25, 0.3) is 0 Å². The minimum absolute atomic E-state index is 0.113. The zero-order valence-corrected chi connectivity index (χ0v) is 12.8. The maximum Gasteiger partial charge on any atom is 0.410 e. The van der Waals surface area contributed by atoms with Crippen LogP contribution in [0, 0.1) is 5.95 Å². The molecule has 2 heterocycles. The molecular weight excluding hydrogens is 293 g/mol. The number of anilines is 1. The first-order valence-electron chi connectivity index (χ1n) is 6.72. The number of rotatable bonds is 1. The Morgan fingerprint density at radius 1 is 1.55 bits per heavy atom. The van der Waals surface area contributed by atoms with E-state index in [0.717, 1.165) is 11.0 Å². The van der Waals surface area contributed by atoms with Crippen LogP contribution in [0.1, 0.15) is 20.8 Å². The summed E-state index contributed by atoms with van der Waals surface area (Å²) in [5, 5.41) is 2.56. The highest BCUT2D eigenvalue weighted by atomic mass is 19.1. The highest BCUT2D eigenvalue weighted by Gasteiger charge is 2.33. The van der Waals surface area contributed by atoms with Crippen molar-refractivity contribution < 1.29 is 23.5 Å². The molecule has 1 aromatic rings. The quantitative estimate of drug-likeness (QED) is 0.800. The molecule has 0 fully saturated rings. The average Bonchev–Trinajstić information content (AvgIpc) is 2.54. The number of hydrogen-bond donors (Lipinski definition) is 1. The fraction of sp³-hybridized carbons (Fsp3) is 0.500. The number of amides is 2. The molecule has 0 bridgehead atoms. The van der Waals surface area contributed by atoms with E-state index in [2.05, 4.69) is 10.3 Å². The van der Waals surface area contributed by atoms with Crippen molar-refractivity contribution in [1.82, 2.24) is 9.88 Å². The van der Waals surface area contributed by atoms with Crippen LogP contribution in [0.2, 0.25) is 0 Å². The third kappa shape index (κ3) is 3.63. The van der Waals surface area contributed by atoms with Gasteiger partial charge in [0, 0.05) is 13.1 Å². The Morgan fingerprint density at radius 2 is 2.23 bits per heavy atom. The van der Waals surface area contributed by atoms with Gasteiger partial charge in [0.25, 0.3) is 5.91 Å². The molecule has 0 saturated carbocycles. The summed E-state index contributed by atoms with van der Waals surface area (Å²) >= 11 is 0. The van der Waals surface area contributed by atoms with E-state index in [9.17, 15) is 14.0 Å². The number of nitrogens with one attached hydrogen (secondary N) is 1. The number of halogens is 1. The van der Waals surface area contributed by atoms with Crippen LogP contribution in [-0.2, 0) is 9.53 Å². The lowest BCUT2D eigenvalue weighted by Crippen LogP contribution is -2.49. The first-order chi connectivity index (χ1) is 10.2. The lowest BCUT2D eigenvalue weighted by atomic mass is 10.2. The number of pyridine rings is 1. The van der Waals surface area contributed by atoms with Crippen molar-refractivity contribution in [3.05, 3.63) is 18.2 Å². The molecule has 1 N–H and O–H groups in total. The van der Waals surface area contributed by atoms with Crippen LogP contribution in [-0.4, -0.2) is 47.2 Å². The maximum atomic E-state index is 13.1. The Labute approximate surface area is 127 Å². The molecule has 7 nitrogen and oxygen atoms in total. The van der Waals surface area contributed by atoms with Crippen molar-refractivity contribution in [3.63, 3.8) is 0 Å². The number of hydrogen-bond acceptors (Lipinski definition) is 5. The summed E-state index contributed by atoms with van der Waals surface area (Å²) in [6.45, 7) is 5.07. The Bertz CT molecular complexity index is 600. The van der Waals surface area contributed by atoms with Crippen LogP contribution >= 0.6 is 0 Å². The molecule has 0 saturated heterocycles. The SMILES string of the molecule is CN(C(=O)OC(C)(C)C)[C@@H]1COc2cc(F)ncc2NC1=O. The summed E-state index contributed by atoms with van der Waals surface area (Å²) in [6, 6.07) is 0.177. The molecule has 2 rings (SSSR count). The van der Waals surface area contributed by atoms with Gasteiger partial charge in [0.15, 0.2) is 0 Å². The molecule has 0 radical (unpaired) electrons. The first kappa shape index (κ1) is 16.0. The number of nitrogens with zero attached hydrogens (tertiary/aromatic N) is 2. The van der Waals surface area contributed by atoms with E-state index in [1.807, 2.05) is 0 Å². The monoisotopic (exact) mass is 311 g/mol. The minimum Gasteiger partial charge on any atom is -0.488 e. The number of likely N-dealkylation sites (N-methyl/N-ethyl adjacent to an activating group) is 1. The van der Waals surface area contributed by atoms with Crippen molar-refractivity contribution in [2.75, 3.05) is 19.0 Å². The number of aromatic nitrogens is 1. The van der Waals surface area contributed by atoms with E-state index in [-0.39, 0.29) is 18.0 Å². The van der Waals surface area contributed by atoms with Gasteiger partial charge in [-0.15, -0.1) is 0 Å². The molecular formula is C14H18FN3O4. The second-order valence-corrected chi connectivity index (χ2v) is 5.91. The average molecular weight is 311 g/mol. The number of carbonyl (C=O) groups excluding carboxylic acids is 2. The van der Waals surface area contributed by atoms with Gasteiger partial charge in [0.2, 0.25) is 5.95 Å². The van der Waals surface area contributed by atoms with Gasteiger partial charge >= 0.3 is 6.09 Å². The van der Waals surface area contributed by atoms with Gasteiger partial charge in [-0.25, -0.2) is 9.78 Å². The van der Waals surface area contributed by atoms with E-state index < -0.39 is 29.6 Å². The molecule has 0 aromatic carbocycles. The summed E-state index contributed by atoms with van der Waals surface area (Å²) < 4.78 is 23.7. The Morgan fingerprint density at radius 3 is 2.86 bits per heavy atom. The third-order valence-corrected chi connectivity index (χ3v) is 2.94. The molecule has 1 aromatic heterocycles. The molecule has 2 amide bonds. The Balaban J connectivity index is 2.14. The zero-order valence-electron chi connectivity index (χ0n) is 12.8. The minimum atomic E-state index is -0.898. The van der Waals surface area contributed by atoms with Gasteiger partial charge in [-0.2, -0.15) is 4.39 Å². The zero-order chi connectivity index (χ0) is 16.5. The molecule has 1 atom stereocenters. The Kier molecular flexibility index (Phi) is 4.20. The van der Waals surface area contributed by atoms with E-state index in [1.54, 1.807) is 20.8 Å². The van der Waals surface area contributed by atoms with Crippen LogP contribution in [0.15, 0.2) is 12.3 Å². The predicted molar refractivity (Wildman–Crippen MR) is 76.1 cm³/mol. The molecule has 0 unspecified atom stereocenters. The molecule has 120 valence electrons. The van der Waals surface area contributed by atoms with Crippen molar-refractivity contribution in [2.24, 2.45) is 0 Å². The number of ether oxygens (including phenoxy) is 2. The van der Waals surface area contributed by atoms with Gasteiger partial charge in [-0.3, -0.25) is 9.69 Å². The molecule has 1 aliphatic heterocycles.